The predicted molar refractivity (Wildman–Crippen MR) is 85.9 cm³/mol. The average Bonchev–Trinajstić information content (AvgIpc) is 3.33. The van der Waals surface area contributed by atoms with Gasteiger partial charge < -0.3 is 4.90 Å². The quantitative estimate of drug-likeness (QED) is 0.710. The third-order valence-corrected chi connectivity index (χ3v) is 4.56. The van der Waals surface area contributed by atoms with Gasteiger partial charge in [-0.25, -0.2) is 4.39 Å². The number of hydrogen-bond donors (Lipinski definition) is 0. The van der Waals surface area contributed by atoms with Crippen LogP contribution in [0.5, 0.6) is 0 Å². The van der Waals surface area contributed by atoms with Crippen molar-refractivity contribution in [3.63, 3.8) is 0 Å². The lowest BCUT2D eigenvalue weighted by atomic mass is 10.0. The molecule has 0 heterocycles. The minimum atomic E-state index is -0.278. The number of halogens is 1. The number of nitrogens with zero attached hydrogens (tertiary/aromatic N) is 1. The fraction of sp³-hybridized carbons (Fsp3) is 0.316. The maximum absolute atomic E-state index is 14.6. The van der Waals surface area contributed by atoms with E-state index in [0.717, 1.165) is 36.9 Å². The molecule has 0 saturated heterocycles. The molecule has 0 aliphatic heterocycles. The van der Waals surface area contributed by atoms with Gasteiger partial charge in [0.15, 0.2) is 5.78 Å². The summed E-state index contributed by atoms with van der Waals surface area (Å²) in [6.07, 6.45) is 3.12. The summed E-state index contributed by atoms with van der Waals surface area (Å²) < 4.78 is 14.6. The molecule has 3 heteroatoms. The smallest absolute Gasteiger partial charge is 0.196 e. The summed E-state index contributed by atoms with van der Waals surface area (Å²) in [4.78, 5) is 14.9. The molecule has 0 radical (unpaired) electrons. The number of benzene rings is 2. The van der Waals surface area contributed by atoms with Crippen LogP contribution < -0.4 is 4.90 Å². The zero-order chi connectivity index (χ0) is 15.3. The van der Waals surface area contributed by atoms with E-state index in [4.69, 9.17) is 0 Å². The summed E-state index contributed by atoms with van der Waals surface area (Å²) in [6.45, 7) is 2.88. The second kappa shape index (κ2) is 4.94. The number of ketones is 1. The van der Waals surface area contributed by atoms with Crippen molar-refractivity contribution in [2.75, 3.05) is 11.4 Å². The lowest BCUT2D eigenvalue weighted by molar-refractivity contribution is 0.104. The lowest BCUT2D eigenvalue weighted by Crippen LogP contribution is -2.29. The van der Waals surface area contributed by atoms with Crippen LogP contribution in [0, 0.1) is 5.82 Å². The van der Waals surface area contributed by atoms with Crippen molar-refractivity contribution in [3.8, 4) is 11.1 Å². The van der Waals surface area contributed by atoms with Gasteiger partial charge in [-0.15, -0.1) is 0 Å². The van der Waals surface area contributed by atoms with E-state index >= 15 is 0 Å². The molecule has 0 spiro atoms. The van der Waals surface area contributed by atoms with Gasteiger partial charge in [0.05, 0.1) is 11.3 Å². The predicted octanol–water partition coefficient (Wildman–Crippen LogP) is 4.42. The molecule has 1 fully saturated rings. The van der Waals surface area contributed by atoms with Crippen molar-refractivity contribution in [1.82, 2.24) is 0 Å². The Hall–Kier alpha value is -2.16. The van der Waals surface area contributed by atoms with Crippen LogP contribution in [0.15, 0.2) is 36.4 Å². The fourth-order valence-corrected chi connectivity index (χ4v) is 3.46. The molecule has 0 atom stereocenters. The minimum Gasteiger partial charge on any atom is -0.366 e. The first-order valence-corrected chi connectivity index (χ1v) is 7.95. The number of anilines is 1. The number of carbonyl (C=O) groups is 1. The van der Waals surface area contributed by atoms with Crippen molar-refractivity contribution in [2.45, 2.75) is 32.2 Å². The Bertz CT molecular complexity index is 764. The van der Waals surface area contributed by atoms with Gasteiger partial charge in [0.1, 0.15) is 5.82 Å². The highest BCUT2D eigenvalue weighted by Crippen LogP contribution is 2.44. The third kappa shape index (κ3) is 1.88. The van der Waals surface area contributed by atoms with E-state index in [0.29, 0.717) is 22.9 Å². The molecule has 2 aliphatic carbocycles. The van der Waals surface area contributed by atoms with Gasteiger partial charge in [0, 0.05) is 18.2 Å². The van der Waals surface area contributed by atoms with E-state index < -0.39 is 0 Å². The summed E-state index contributed by atoms with van der Waals surface area (Å²) in [5.41, 5.74) is 3.57. The van der Waals surface area contributed by atoms with Gasteiger partial charge in [0.2, 0.25) is 0 Å². The number of rotatable bonds is 4. The highest BCUT2D eigenvalue weighted by atomic mass is 19.1. The summed E-state index contributed by atoms with van der Waals surface area (Å²) in [5.74, 6) is -0.317. The molecule has 0 aromatic heterocycles. The van der Waals surface area contributed by atoms with E-state index in [-0.39, 0.29) is 11.6 Å². The van der Waals surface area contributed by atoms with E-state index in [9.17, 15) is 9.18 Å². The van der Waals surface area contributed by atoms with Crippen LogP contribution in [0.25, 0.3) is 11.1 Å². The summed E-state index contributed by atoms with van der Waals surface area (Å²) >= 11 is 0. The fourth-order valence-electron chi connectivity index (χ4n) is 3.46. The van der Waals surface area contributed by atoms with Gasteiger partial charge in [-0.05, 0) is 36.5 Å². The van der Waals surface area contributed by atoms with E-state index in [2.05, 4.69) is 11.8 Å². The second-order valence-electron chi connectivity index (χ2n) is 6.12. The van der Waals surface area contributed by atoms with Crippen molar-refractivity contribution in [2.24, 2.45) is 0 Å². The molecule has 112 valence electrons. The average molecular weight is 295 g/mol. The van der Waals surface area contributed by atoms with Crippen molar-refractivity contribution >= 4 is 11.5 Å². The molecule has 22 heavy (non-hydrogen) atoms. The zero-order valence-corrected chi connectivity index (χ0v) is 12.6. The first-order valence-electron chi connectivity index (χ1n) is 7.95. The lowest BCUT2D eigenvalue weighted by Gasteiger charge is -2.26. The first-order chi connectivity index (χ1) is 10.7. The van der Waals surface area contributed by atoms with Crippen LogP contribution in [0.1, 0.15) is 42.1 Å². The normalized spacial score (nSPS) is 15.6. The van der Waals surface area contributed by atoms with E-state index in [1.54, 1.807) is 6.07 Å². The Morgan fingerprint density at radius 1 is 1.09 bits per heavy atom. The zero-order valence-electron chi connectivity index (χ0n) is 12.6. The Kier molecular flexibility index (Phi) is 3.03. The molecule has 2 aromatic carbocycles. The van der Waals surface area contributed by atoms with Crippen LogP contribution in [-0.4, -0.2) is 18.4 Å². The Labute approximate surface area is 129 Å². The molecule has 1 saturated carbocycles. The molecule has 0 unspecified atom stereocenters. The molecule has 2 aliphatic rings. The Morgan fingerprint density at radius 3 is 2.50 bits per heavy atom. The molecular formula is C19H18FNO. The van der Waals surface area contributed by atoms with Crippen molar-refractivity contribution in [3.05, 3.63) is 53.3 Å². The molecule has 2 nitrogen and oxygen atoms in total. The largest absolute Gasteiger partial charge is 0.366 e. The third-order valence-electron chi connectivity index (χ3n) is 4.56. The van der Waals surface area contributed by atoms with E-state index in [1.807, 2.05) is 24.3 Å². The first kappa shape index (κ1) is 13.5. The van der Waals surface area contributed by atoms with Crippen molar-refractivity contribution in [1.29, 1.82) is 0 Å². The molecule has 0 bridgehead atoms. The SMILES string of the molecule is CCCN(c1c(F)ccc2c1C(=O)c1ccccc1-2)C1CC1. The van der Waals surface area contributed by atoms with Gasteiger partial charge in [0.25, 0.3) is 0 Å². The Morgan fingerprint density at radius 2 is 1.82 bits per heavy atom. The van der Waals surface area contributed by atoms with E-state index in [1.165, 1.54) is 6.07 Å². The van der Waals surface area contributed by atoms with Crippen LogP contribution in [0.3, 0.4) is 0 Å². The summed E-state index contributed by atoms with van der Waals surface area (Å²) in [5, 5.41) is 0. The van der Waals surface area contributed by atoms with Crippen molar-refractivity contribution < 1.29 is 9.18 Å². The molecule has 0 N–H and O–H groups in total. The minimum absolute atomic E-state index is 0.0400. The van der Waals surface area contributed by atoms with Crippen LogP contribution in [-0.2, 0) is 0 Å². The summed E-state index contributed by atoms with van der Waals surface area (Å²) in [7, 11) is 0. The van der Waals surface area contributed by atoms with Crippen LogP contribution in [0.4, 0.5) is 10.1 Å². The molecule has 4 rings (SSSR count). The van der Waals surface area contributed by atoms with Gasteiger partial charge in [-0.1, -0.05) is 37.3 Å². The maximum atomic E-state index is 14.6. The van der Waals surface area contributed by atoms with Gasteiger partial charge >= 0.3 is 0 Å². The standard InChI is InChI=1S/C19H18FNO/c1-2-11-21(12-7-8-12)18-16(20)10-9-14-13-5-3-4-6-15(13)19(22)17(14)18/h3-6,9-10,12H,2,7-8,11H2,1H3. The molecule has 2 aromatic rings. The van der Waals surface area contributed by atoms with Gasteiger partial charge in [-0.2, -0.15) is 0 Å². The number of hydrogen-bond acceptors (Lipinski definition) is 2. The summed E-state index contributed by atoms with van der Waals surface area (Å²) in [6, 6.07) is 11.2. The monoisotopic (exact) mass is 295 g/mol. The molecular weight excluding hydrogens is 277 g/mol. The second-order valence-corrected chi connectivity index (χ2v) is 6.12. The van der Waals surface area contributed by atoms with Crippen LogP contribution >= 0.6 is 0 Å². The Balaban J connectivity index is 1.93. The molecule has 0 amide bonds. The number of fused-ring (bicyclic) bond motifs is 3. The highest BCUT2D eigenvalue weighted by molar-refractivity contribution is 6.24. The van der Waals surface area contributed by atoms with Crippen LogP contribution in [0.2, 0.25) is 0 Å². The highest BCUT2D eigenvalue weighted by Gasteiger charge is 2.37. The maximum Gasteiger partial charge on any atom is 0.196 e. The number of carbonyl (C=O) groups excluding carboxylic acids is 1. The topological polar surface area (TPSA) is 20.3 Å². The van der Waals surface area contributed by atoms with Gasteiger partial charge in [-0.3, -0.25) is 4.79 Å².